The molecule has 0 aromatic heterocycles. The summed E-state index contributed by atoms with van der Waals surface area (Å²) in [5.41, 5.74) is 0.675. The van der Waals surface area contributed by atoms with Crippen LogP contribution >= 0.6 is 15.9 Å². The number of carbonyl (C=O) groups excluding carboxylic acids is 1. The number of nitrogens with zero attached hydrogens (tertiary/aromatic N) is 1. The number of rotatable bonds is 4. The van der Waals surface area contributed by atoms with Crippen LogP contribution in [0.2, 0.25) is 0 Å². The molecule has 1 amide bonds. The van der Waals surface area contributed by atoms with Crippen molar-refractivity contribution >= 4 is 21.8 Å². The van der Waals surface area contributed by atoms with Gasteiger partial charge in [0.1, 0.15) is 5.75 Å². The fourth-order valence-corrected chi connectivity index (χ4v) is 3.09. The van der Waals surface area contributed by atoms with Crippen molar-refractivity contribution in [3.63, 3.8) is 0 Å². The standard InChI is InChI=1S/C15H21BrN2O2/c1-17-9-11-4-3-7-18(10-11)15(19)13-8-12(20-2)5-6-14(13)16/h5-6,8,11,17H,3-4,7,9-10H2,1-2H3. The van der Waals surface area contributed by atoms with Crippen LogP contribution in [0.25, 0.3) is 0 Å². The van der Waals surface area contributed by atoms with Crippen LogP contribution in [-0.4, -0.2) is 44.6 Å². The molecule has 5 heteroatoms. The Balaban J connectivity index is 2.14. The third-order valence-corrected chi connectivity index (χ3v) is 4.39. The largest absolute Gasteiger partial charge is 0.497 e. The molecular formula is C15H21BrN2O2. The molecule has 1 heterocycles. The minimum atomic E-state index is 0.0802. The van der Waals surface area contributed by atoms with Gasteiger partial charge in [0, 0.05) is 17.6 Å². The second kappa shape index (κ2) is 7.09. The van der Waals surface area contributed by atoms with E-state index >= 15 is 0 Å². The zero-order chi connectivity index (χ0) is 14.5. The maximum atomic E-state index is 12.7. The summed E-state index contributed by atoms with van der Waals surface area (Å²) >= 11 is 3.46. The van der Waals surface area contributed by atoms with E-state index in [-0.39, 0.29) is 5.91 Å². The number of halogens is 1. The smallest absolute Gasteiger partial charge is 0.255 e. The first-order chi connectivity index (χ1) is 9.65. The minimum Gasteiger partial charge on any atom is -0.497 e. The zero-order valence-corrected chi connectivity index (χ0v) is 13.6. The SMILES string of the molecule is CNCC1CCCN(C(=O)c2cc(OC)ccc2Br)C1. The molecule has 0 aliphatic carbocycles. The molecule has 1 unspecified atom stereocenters. The lowest BCUT2D eigenvalue weighted by Crippen LogP contribution is -2.42. The van der Waals surface area contributed by atoms with Gasteiger partial charge in [-0.25, -0.2) is 0 Å². The number of amides is 1. The van der Waals surface area contributed by atoms with Gasteiger partial charge in [-0.05, 0) is 66.5 Å². The Kier molecular flexibility index (Phi) is 5.43. The maximum absolute atomic E-state index is 12.7. The zero-order valence-electron chi connectivity index (χ0n) is 12.0. The lowest BCUT2D eigenvalue weighted by molar-refractivity contribution is 0.0673. The van der Waals surface area contributed by atoms with Crippen molar-refractivity contribution in [2.75, 3.05) is 33.8 Å². The number of methoxy groups -OCH3 is 1. The van der Waals surface area contributed by atoms with E-state index in [0.717, 1.165) is 30.5 Å². The van der Waals surface area contributed by atoms with E-state index in [9.17, 15) is 4.79 Å². The summed E-state index contributed by atoms with van der Waals surface area (Å²) in [6.45, 7) is 2.62. The van der Waals surface area contributed by atoms with Gasteiger partial charge in [-0.3, -0.25) is 4.79 Å². The predicted octanol–water partition coefficient (Wildman–Crippen LogP) is 2.53. The van der Waals surface area contributed by atoms with E-state index < -0.39 is 0 Å². The molecule has 2 rings (SSSR count). The lowest BCUT2D eigenvalue weighted by atomic mass is 9.97. The molecule has 1 atom stereocenters. The second-order valence-electron chi connectivity index (χ2n) is 5.16. The number of benzene rings is 1. The van der Waals surface area contributed by atoms with E-state index in [2.05, 4.69) is 21.2 Å². The number of hydrogen-bond acceptors (Lipinski definition) is 3. The summed E-state index contributed by atoms with van der Waals surface area (Å²) in [6, 6.07) is 5.51. The summed E-state index contributed by atoms with van der Waals surface area (Å²) in [5, 5.41) is 3.20. The third kappa shape index (κ3) is 3.52. The highest BCUT2D eigenvalue weighted by molar-refractivity contribution is 9.10. The molecule has 1 aromatic rings. The van der Waals surface area contributed by atoms with Crippen molar-refractivity contribution in [2.45, 2.75) is 12.8 Å². The van der Waals surface area contributed by atoms with E-state index in [1.165, 1.54) is 6.42 Å². The molecule has 4 nitrogen and oxygen atoms in total. The van der Waals surface area contributed by atoms with Crippen molar-refractivity contribution in [1.82, 2.24) is 10.2 Å². The van der Waals surface area contributed by atoms with Crippen molar-refractivity contribution < 1.29 is 9.53 Å². The molecule has 1 aliphatic heterocycles. The molecule has 1 saturated heterocycles. The molecule has 20 heavy (non-hydrogen) atoms. The highest BCUT2D eigenvalue weighted by Gasteiger charge is 2.25. The Morgan fingerprint density at radius 2 is 2.35 bits per heavy atom. The third-order valence-electron chi connectivity index (χ3n) is 3.70. The Morgan fingerprint density at radius 1 is 1.55 bits per heavy atom. The van der Waals surface area contributed by atoms with Crippen LogP contribution < -0.4 is 10.1 Å². The van der Waals surface area contributed by atoms with Gasteiger partial charge in [-0.15, -0.1) is 0 Å². The number of carbonyl (C=O) groups is 1. The van der Waals surface area contributed by atoms with Crippen LogP contribution in [0.5, 0.6) is 5.75 Å². The van der Waals surface area contributed by atoms with Gasteiger partial charge in [0.2, 0.25) is 0 Å². The monoisotopic (exact) mass is 340 g/mol. The average molecular weight is 341 g/mol. The summed E-state index contributed by atoms with van der Waals surface area (Å²) < 4.78 is 6.02. The molecule has 0 spiro atoms. The van der Waals surface area contributed by atoms with Crippen LogP contribution in [-0.2, 0) is 0 Å². The van der Waals surface area contributed by atoms with E-state index in [4.69, 9.17) is 4.74 Å². The van der Waals surface area contributed by atoms with Crippen molar-refractivity contribution in [3.8, 4) is 5.75 Å². The van der Waals surface area contributed by atoms with Crippen molar-refractivity contribution in [2.24, 2.45) is 5.92 Å². The van der Waals surface area contributed by atoms with Gasteiger partial charge in [0.05, 0.1) is 12.7 Å². The van der Waals surface area contributed by atoms with E-state index in [0.29, 0.717) is 17.2 Å². The van der Waals surface area contributed by atoms with Gasteiger partial charge in [-0.1, -0.05) is 0 Å². The molecule has 110 valence electrons. The Bertz CT molecular complexity index is 477. The summed E-state index contributed by atoms with van der Waals surface area (Å²) in [5.74, 6) is 1.33. The minimum absolute atomic E-state index is 0.0802. The Hall–Kier alpha value is -1.07. The van der Waals surface area contributed by atoms with E-state index in [1.54, 1.807) is 13.2 Å². The highest BCUT2D eigenvalue weighted by Crippen LogP contribution is 2.26. The van der Waals surface area contributed by atoms with Crippen LogP contribution in [0, 0.1) is 5.92 Å². The summed E-state index contributed by atoms with van der Waals surface area (Å²) in [6.07, 6.45) is 2.25. The second-order valence-corrected chi connectivity index (χ2v) is 6.02. The predicted molar refractivity (Wildman–Crippen MR) is 83.2 cm³/mol. The number of piperidine rings is 1. The normalized spacial score (nSPS) is 18.9. The molecule has 0 saturated carbocycles. The number of ether oxygens (including phenoxy) is 1. The summed E-state index contributed by atoms with van der Waals surface area (Å²) in [4.78, 5) is 14.6. The first-order valence-electron chi connectivity index (χ1n) is 6.93. The molecule has 1 aromatic carbocycles. The first kappa shape index (κ1) is 15.3. The topological polar surface area (TPSA) is 41.6 Å². The number of likely N-dealkylation sites (tertiary alicyclic amines) is 1. The number of nitrogens with one attached hydrogen (secondary N) is 1. The van der Waals surface area contributed by atoms with Gasteiger partial charge >= 0.3 is 0 Å². The van der Waals surface area contributed by atoms with Crippen molar-refractivity contribution in [3.05, 3.63) is 28.2 Å². The van der Waals surface area contributed by atoms with Gasteiger partial charge in [0.15, 0.2) is 0 Å². The molecular weight excluding hydrogens is 320 g/mol. The molecule has 1 aliphatic rings. The van der Waals surface area contributed by atoms with Crippen LogP contribution in [0.1, 0.15) is 23.2 Å². The Morgan fingerprint density at radius 3 is 3.05 bits per heavy atom. The molecule has 1 N–H and O–H groups in total. The highest BCUT2D eigenvalue weighted by atomic mass is 79.9. The van der Waals surface area contributed by atoms with Crippen LogP contribution in [0.15, 0.2) is 22.7 Å². The van der Waals surface area contributed by atoms with Gasteiger partial charge in [0.25, 0.3) is 5.91 Å². The molecule has 1 fully saturated rings. The lowest BCUT2D eigenvalue weighted by Gasteiger charge is -2.33. The summed E-state index contributed by atoms with van der Waals surface area (Å²) in [7, 11) is 3.57. The van der Waals surface area contributed by atoms with Crippen molar-refractivity contribution in [1.29, 1.82) is 0 Å². The first-order valence-corrected chi connectivity index (χ1v) is 7.72. The average Bonchev–Trinajstić information content (AvgIpc) is 2.48. The van der Waals surface area contributed by atoms with Gasteiger partial charge in [-0.2, -0.15) is 0 Å². The van der Waals surface area contributed by atoms with Gasteiger partial charge < -0.3 is 15.0 Å². The van der Waals surface area contributed by atoms with E-state index in [1.807, 2.05) is 24.1 Å². The van der Waals surface area contributed by atoms with Crippen LogP contribution in [0.3, 0.4) is 0 Å². The quantitative estimate of drug-likeness (QED) is 0.915. The fourth-order valence-electron chi connectivity index (χ4n) is 2.67. The number of hydrogen-bond donors (Lipinski definition) is 1. The fraction of sp³-hybridized carbons (Fsp3) is 0.533. The molecule has 0 radical (unpaired) electrons. The van der Waals surface area contributed by atoms with Crippen LogP contribution in [0.4, 0.5) is 0 Å². The maximum Gasteiger partial charge on any atom is 0.255 e. The molecule has 0 bridgehead atoms. The Labute approximate surface area is 128 Å².